The van der Waals surface area contributed by atoms with E-state index in [1.165, 1.54) is 0 Å². The minimum Gasteiger partial charge on any atom is -0.507 e. The molecule has 3 atom stereocenters. The summed E-state index contributed by atoms with van der Waals surface area (Å²) in [4.78, 5) is 24.7. The number of carboxylic acid groups (broad SMARTS) is 1. The lowest BCUT2D eigenvalue weighted by Gasteiger charge is -2.36. The molecule has 2 heterocycles. The van der Waals surface area contributed by atoms with Gasteiger partial charge in [-0.2, -0.15) is 0 Å². The van der Waals surface area contributed by atoms with Gasteiger partial charge in [0.15, 0.2) is 5.78 Å². The van der Waals surface area contributed by atoms with E-state index in [1.54, 1.807) is 6.92 Å². The molecule has 0 amide bonds. The van der Waals surface area contributed by atoms with Gasteiger partial charge in [0.2, 0.25) is 0 Å². The van der Waals surface area contributed by atoms with Crippen LogP contribution in [-0.2, 0) is 4.79 Å². The van der Waals surface area contributed by atoms with Crippen LogP contribution in [0.25, 0.3) is 6.08 Å². The third-order valence-electron chi connectivity index (χ3n) is 6.12. The fourth-order valence-corrected chi connectivity index (χ4v) is 4.23. The molecule has 0 radical (unpaired) electrons. The van der Waals surface area contributed by atoms with Crippen molar-refractivity contribution in [2.24, 2.45) is 5.92 Å². The Morgan fingerprint density at radius 2 is 1.93 bits per heavy atom. The van der Waals surface area contributed by atoms with Crippen LogP contribution in [0, 0.1) is 5.92 Å². The van der Waals surface area contributed by atoms with Gasteiger partial charge in [-0.1, -0.05) is 33.1 Å². The average Bonchev–Trinajstić information content (AvgIpc) is 2.64. The van der Waals surface area contributed by atoms with E-state index in [4.69, 9.17) is 9.47 Å². The summed E-state index contributed by atoms with van der Waals surface area (Å²) < 4.78 is 12.3. The molecule has 0 saturated heterocycles. The molecule has 1 aromatic carbocycles. The number of ketones is 1. The van der Waals surface area contributed by atoms with Crippen molar-refractivity contribution in [3.05, 3.63) is 22.8 Å². The van der Waals surface area contributed by atoms with Crippen molar-refractivity contribution in [1.82, 2.24) is 0 Å². The van der Waals surface area contributed by atoms with Crippen LogP contribution in [0.5, 0.6) is 17.2 Å². The summed E-state index contributed by atoms with van der Waals surface area (Å²) in [7, 11) is 0. The molecule has 164 valence electrons. The zero-order chi connectivity index (χ0) is 22.2. The zero-order valence-corrected chi connectivity index (χ0v) is 18.4. The first kappa shape index (κ1) is 22.2. The van der Waals surface area contributed by atoms with Crippen LogP contribution in [-0.4, -0.2) is 33.7 Å². The molecule has 2 aliphatic rings. The van der Waals surface area contributed by atoms with Crippen LogP contribution in [0.2, 0.25) is 0 Å². The maximum Gasteiger partial charge on any atom is 0.303 e. The predicted molar refractivity (Wildman–Crippen MR) is 115 cm³/mol. The van der Waals surface area contributed by atoms with Crippen molar-refractivity contribution in [2.75, 3.05) is 0 Å². The Hall–Kier alpha value is -2.50. The van der Waals surface area contributed by atoms with Gasteiger partial charge >= 0.3 is 5.97 Å². The third kappa shape index (κ3) is 4.05. The number of phenolic OH excluding ortho intramolecular Hbond substituents is 1. The second kappa shape index (κ2) is 8.32. The molecule has 0 saturated carbocycles. The van der Waals surface area contributed by atoms with E-state index in [-0.39, 0.29) is 29.6 Å². The number of carbonyl (C=O) groups excluding carboxylic acids is 1. The SMILES string of the molecule is CCCCCC(CC(=O)O)c1c(O)c2c(c3c1OC(C)(C)C=C3)O[C@H](C)[C@@H](C)C2=O. The molecule has 1 unspecified atom stereocenters. The van der Waals surface area contributed by atoms with Gasteiger partial charge in [0.25, 0.3) is 0 Å². The highest BCUT2D eigenvalue weighted by Crippen LogP contribution is 2.53. The summed E-state index contributed by atoms with van der Waals surface area (Å²) in [5.74, 6) is -1.44. The van der Waals surface area contributed by atoms with Crippen LogP contribution in [0.4, 0.5) is 0 Å². The predicted octanol–water partition coefficient (Wildman–Crippen LogP) is 5.31. The monoisotopic (exact) mass is 416 g/mol. The summed E-state index contributed by atoms with van der Waals surface area (Å²) in [6.07, 6.45) is 6.66. The fourth-order valence-electron chi connectivity index (χ4n) is 4.23. The number of aromatic hydroxyl groups is 1. The minimum atomic E-state index is -0.947. The maximum absolute atomic E-state index is 13.1. The molecule has 0 aromatic heterocycles. The molecule has 1 aromatic rings. The fraction of sp³-hybridized carbons (Fsp3) is 0.583. The van der Waals surface area contributed by atoms with Gasteiger partial charge in [0.1, 0.15) is 34.5 Å². The Balaban J connectivity index is 2.25. The van der Waals surface area contributed by atoms with Crippen LogP contribution in [0.1, 0.15) is 94.1 Å². The highest BCUT2D eigenvalue weighted by atomic mass is 16.5. The summed E-state index contributed by atoms with van der Waals surface area (Å²) in [5, 5.41) is 20.8. The first-order valence-electron chi connectivity index (χ1n) is 10.8. The Morgan fingerprint density at radius 3 is 2.57 bits per heavy atom. The lowest BCUT2D eigenvalue weighted by atomic mass is 9.81. The number of benzene rings is 1. The summed E-state index contributed by atoms with van der Waals surface area (Å²) in [6.45, 7) is 9.48. The smallest absolute Gasteiger partial charge is 0.303 e. The van der Waals surface area contributed by atoms with Gasteiger partial charge in [-0.3, -0.25) is 9.59 Å². The van der Waals surface area contributed by atoms with E-state index in [0.29, 0.717) is 29.0 Å². The summed E-state index contributed by atoms with van der Waals surface area (Å²) in [6, 6.07) is 0. The third-order valence-corrected chi connectivity index (χ3v) is 6.12. The van der Waals surface area contributed by atoms with Gasteiger partial charge in [-0.05, 0) is 39.3 Å². The molecule has 6 heteroatoms. The number of carbonyl (C=O) groups is 2. The second-order valence-electron chi connectivity index (χ2n) is 9.01. The molecule has 30 heavy (non-hydrogen) atoms. The van der Waals surface area contributed by atoms with Gasteiger partial charge < -0.3 is 19.7 Å². The standard InChI is InChI=1S/C24H32O6/c1-6-7-8-9-15(12-17(25)26)18-21(28)19-20(27)13(2)14(3)29-22(19)16-10-11-24(4,5)30-23(16)18/h10-11,13-15,28H,6-9,12H2,1-5H3,(H,25,26)/t13-,14-,15?/m1/s1. The van der Waals surface area contributed by atoms with Crippen molar-refractivity contribution in [3.63, 3.8) is 0 Å². The first-order chi connectivity index (χ1) is 14.1. The Bertz CT molecular complexity index is 882. The number of rotatable bonds is 7. The number of phenols is 1. The van der Waals surface area contributed by atoms with Gasteiger partial charge in [-0.15, -0.1) is 0 Å². The topological polar surface area (TPSA) is 93.1 Å². The number of aliphatic carboxylic acids is 1. The number of fused-ring (bicyclic) bond motifs is 3. The molecule has 0 bridgehead atoms. The number of unbranched alkanes of at least 4 members (excludes halogenated alkanes) is 2. The molecule has 0 aliphatic carbocycles. The van der Waals surface area contributed by atoms with Gasteiger partial charge in [0.05, 0.1) is 17.9 Å². The molecule has 2 N–H and O–H groups in total. The van der Waals surface area contributed by atoms with Crippen molar-refractivity contribution < 1.29 is 29.3 Å². The van der Waals surface area contributed by atoms with E-state index in [9.17, 15) is 19.8 Å². The Morgan fingerprint density at radius 1 is 1.23 bits per heavy atom. The van der Waals surface area contributed by atoms with Crippen molar-refractivity contribution >= 4 is 17.8 Å². The van der Waals surface area contributed by atoms with E-state index < -0.39 is 23.4 Å². The minimum absolute atomic E-state index is 0.142. The van der Waals surface area contributed by atoms with Crippen LogP contribution in [0.15, 0.2) is 6.08 Å². The van der Waals surface area contributed by atoms with Gasteiger partial charge in [-0.25, -0.2) is 0 Å². The highest BCUT2D eigenvalue weighted by Gasteiger charge is 2.41. The largest absolute Gasteiger partial charge is 0.507 e. The van der Waals surface area contributed by atoms with Crippen molar-refractivity contribution in [3.8, 4) is 17.2 Å². The molecule has 0 spiro atoms. The van der Waals surface area contributed by atoms with Crippen LogP contribution in [0.3, 0.4) is 0 Å². The maximum atomic E-state index is 13.1. The highest BCUT2D eigenvalue weighted by molar-refractivity contribution is 6.06. The molecule has 6 nitrogen and oxygen atoms in total. The quantitative estimate of drug-likeness (QED) is 0.585. The van der Waals surface area contributed by atoms with Gasteiger partial charge in [0, 0.05) is 11.5 Å². The van der Waals surface area contributed by atoms with E-state index >= 15 is 0 Å². The number of hydrogen-bond donors (Lipinski definition) is 2. The molecule has 3 rings (SSSR count). The lowest BCUT2D eigenvalue weighted by Crippen LogP contribution is -2.35. The van der Waals surface area contributed by atoms with E-state index in [0.717, 1.165) is 19.3 Å². The Kier molecular flexibility index (Phi) is 6.16. The zero-order valence-electron chi connectivity index (χ0n) is 18.4. The first-order valence-corrected chi connectivity index (χ1v) is 10.8. The number of carboxylic acids is 1. The Labute approximate surface area is 177 Å². The second-order valence-corrected chi connectivity index (χ2v) is 9.01. The number of Topliss-reactive ketones (excluding diaryl/α,β-unsaturated/α-hetero) is 1. The van der Waals surface area contributed by atoms with E-state index in [1.807, 2.05) is 32.9 Å². The summed E-state index contributed by atoms with van der Waals surface area (Å²) in [5.41, 5.74) is 0.540. The van der Waals surface area contributed by atoms with E-state index in [2.05, 4.69) is 6.92 Å². The molecule has 2 aliphatic heterocycles. The number of hydrogen-bond acceptors (Lipinski definition) is 5. The average molecular weight is 417 g/mol. The molecular formula is C24H32O6. The van der Waals surface area contributed by atoms with Crippen molar-refractivity contribution in [1.29, 1.82) is 0 Å². The normalized spacial score (nSPS) is 22.5. The molecular weight excluding hydrogens is 384 g/mol. The van der Waals surface area contributed by atoms with Crippen LogP contribution >= 0.6 is 0 Å². The lowest BCUT2D eigenvalue weighted by molar-refractivity contribution is -0.137. The molecule has 0 fully saturated rings. The summed E-state index contributed by atoms with van der Waals surface area (Å²) >= 11 is 0. The number of ether oxygens (including phenoxy) is 2. The van der Waals surface area contributed by atoms with Crippen LogP contribution < -0.4 is 9.47 Å². The van der Waals surface area contributed by atoms with Crippen molar-refractivity contribution in [2.45, 2.75) is 84.3 Å².